The van der Waals surface area contributed by atoms with Crippen LogP contribution in [0.3, 0.4) is 0 Å². The molecule has 0 heterocycles. The van der Waals surface area contributed by atoms with Gasteiger partial charge in [0.05, 0.1) is 0 Å². The van der Waals surface area contributed by atoms with E-state index in [1.807, 2.05) is 30.3 Å². The van der Waals surface area contributed by atoms with E-state index in [1.165, 1.54) is 12.1 Å². The monoisotopic (exact) mass is 227 g/mol. The number of rotatable bonds is 3. The highest BCUT2D eigenvalue weighted by molar-refractivity contribution is 5.94. The van der Waals surface area contributed by atoms with Crippen molar-refractivity contribution in [2.24, 2.45) is 0 Å². The van der Waals surface area contributed by atoms with Gasteiger partial charge in [-0.2, -0.15) is 0 Å². The van der Waals surface area contributed by atoms with Crippen molar-refractivity contribution >= 4 is 5.91 Å². The normalized spacial score (nSPS) is 9.88. The Morgan fingerprint density at radius 3 is 2.29 bits per heavy atom. The average molecular weight is 227 g/mol. The third-order valence-corrected chi connectivity index (χ3v) is 2.43. The Bertz CT molecular complexity index is 491. The molecule has 3 heteroatoms. The van der Waals surface area contributed by atoms with Crippen molar-refractivity contribution in [2.45, 2.75) is 6.54 Å². The minimum absolute atomic E-state index is 0.145. The van der Waals surface area contributed by atoms with Crippen molar-refractivity contribution in [2.75, 3.05) is 0 Å². The van der Waals surface area contributed by atoms with E-state index in [-0.39, 0.29) is 11.7 Å². The first kappa shape index (κ1) is 11.2. The molecule has 0 aliphatic carbocycles. The third kappa shape index (κ3) is 3.08. The van der Waals surface area contributed by atoms with Gasteiger partial charge in [-0.15, -0.1) is 0 Å². The van der Waals surface area contributed by atoms with E-state index in [4.69, 9.17) is 5.11 Å². The van der Waals surface area contributed by atoms with E-state index < -0.39 is 0 Å². The number of hydrogen-bond donors (Lipinski definition) is 2. The van der Waals surface area contributed by atoms with Crippen molar-refractivity contribution in [3.8, 4) is 5.75 Å². The molecule has 17 heavy (non-hydrogen) atoms. The van der Waals surface area contributed by atoms with Crippen LogP contribution in [0.25, 0.3) is 0 Å². The van der Waals surface area contributed by atoms with Crippen molar-refractivity contribution in [3.63, 3.8) is 0 Å². The van der Waals surface area contributed by atoms with Crippen molar-refractivity contribution in [1.82, 2.24) is 5.32 Å². The van der Waals surface area contributed by atoms with Gasteiger partial charge in [-0.1, -0.05) is 30.3 Å². The fourth-order valence-electron chi connectivity index (χ4n) is 1.49. The zero-order valence-electron chi connectivity index (χ0n) is 9.26. The molecule has 0 spiro atoms. The third-order valence-electron chi connectivity index (χ3n) is 2.43. The minimum atomic E-state index is -0.145. The molecule has 3 nitrogen and oxygen atoms in total. The molecule has 0 aliphatic heterocycles. The Balaban J connectivity index is 1.96. The fourth-order valence-corrected chi connectivity index (χ4v) is 1.49. The molecule has 2 aromatic rings. The average Bonchev–Trinajstić information content (AvgIpc) is 2.38. The van der Waals surface area contributed by atoms with E-state index in [1.54, 1.807) is 12.1 Å². The summed E-state index contributed by atoms with van der Waals surface area (Å²) in [6, 6.07) is 15.9. The number of nitrogens with one attached hydrogen (secondary N) is 1. The van der Waals surface area contributed by atoms with Gasteiger partial charge in [0.1, 0.15) is 5.75 Å². The Morgan fingerprint density at radius 2 is 1.65 bits per heavy atom. The van der Waals surface area contributed by atoms with E-state index in [9.17, 15) is 4.79 Å². The maximum Gasteiger partial charge on any atom is 0.251 e. The van der Waals surface area contributed by atoms with Crippen LogP contribution in [0.1, 0.15) is 15.9 Å². The molecule has 0 aromatic heterocycles. The van der Waals surface area contributed by atoms with Gasteiger partial charge in [-0.3, -0.25) is 4.79 Å². The highest BCUT2D eigenvalue weighted by atomic mass is 16.3. The Morgan fingerprint density at radius 1 is 1.00 bits per heavy atom. The lowest BCUT2D eigenvalue weighted by Gasteiger charge is -2.05. The van der Waals surface area contributed by atoms with Gasteiger partial charge < -0.3 is 10.4 Å². The number of carbonyl (C=O) groups is 1. The number of hydrogen-bond acceptors (Lipinski definition) is 2. The molecule has 0 aliphatic rings. The number of amides is 1. The summed E-state index contributed by atoms with van der Waals surface area (Å²) < 4.78 is 0. The van der Waals surface area contributed by atoms with E-state index >= 15 is 0 Å². The summed E-state index contributed by atoms with van der Waals surface area (Å²) in [6.07, 6.45) is 0. The minimum Gasteiger partial charge on any atom is -0.508 e. The van der Waals surface area contributed by atoms with Gasteiger partial charge >= 0.3 is 0 Å². The number of phenols is 1. The van der Waals surface area contributed by atoms with Gasteiger partial charge in [0.2, 0.25) is 0 Å². The summed E-state index contributed by atoms with van der Waals surface area (Å²) in [4.78, 5) is 11.7. The molecule has 2 N–H and O–H groups in total. The van der Waals surface area contributed by atoms with Crippen LogP contribution in [0.4, 0.5) is 0 Å². The second-order valence-corrected chi connectivity index (χ2v) is 3.72. The summed E-state index contributed by atoms with van der Waals surface area (Å²) in [5.74, 6) is 0.0125. The summed E-state index contributed by atoms with van der Waals surface area (Å²) in [7, 11) is 0. The summed E-state index contributed by atoms with van der Waals surface area (Å²) in [5, 5.41) is 11.9. The lowest BCUT2D eigenvalue weighted by atomic mass is 10.2. The zero-order chi connectivity index (χ0) is 12.1. The second kappa shape index (κ2) is 5.16. The lowest BCUT2D eigenvalue weighted by molar-refractivity contribution is 0.0951. The Kier molecular flexibility index (Phi) is 3.40. The fraction of sp³-hybridized carbons (Fsp3) is 0.0714. The molecule has 2 rings (SSSR count). The van der Waals surface area contributed by atoms with Gasteiger partial charge in [-0.25, -0.2) is 0 Å². The first-order chi connectivity index (χ1) is 8.25. The van der Waals surface area contributed by atoms with Crippen LogP contribution in [0.15, 0.2) is 54.6 Å². The smallest absolute Gasteiger partial charge is 0.251 e. The number of carbonyl (C=O) groups excluding carboxylic acids is 1. The van der Waals surface area contributed by atoms with E-state index in [2.05, 4.69) is 5.32 Å². The molecule has 86 valence electrons. The van der Waals surface area contributed by atoms with Crippen molar-refractivity contribution in [1.29, 1.82) is 0 Å². The number of phenolic OH excluding ortho intramolecular Hbond substituents is 1. The summed E-state index contributed by atoms with van der Waals surface area (Å²) >= 11 is 0. The number of benzene rings is 2. The van der Waals surface area contributed by atoms with Crippen LogP contribution in [-0.2, 0) is 6.54 Å². The molecule has 1 amide bonds. The van der Waals surface area contributed by atoms with Crippen LogP contribution in [0, 0.1) is 0 Å². The molecule has 0 radical (unpaired) electrons. The lowest BCUT2D eigenvalue weighted by Crippen LogP contribution is -2.22. The van der Waals surface area contributed by atoms with Gasteiger partial charge in [0, 0.05) is 12.1 Å². The number of aromatic hydroxyl groups is 1. The second-order valence-electron chi connectivity index (χ2n) is 3.72. The molecule has 0 bridgehead atoms. The van der Waals surface area contributed by atoms with Crippen LogP contribution < -0.4 is 5.32 Å². The predicted octanol–water partition coefficient (Wildman–Crippen LogP) is 2.32. The van der Waals surface area contributed by atoms with Crippen LogP contribution >= 0.6 is 0 Å². The van der Waals surface area contributed by atoms with Crippen LogP contribution in [-0.4, -0.2) is 11.0 Å². The Labute approximate surface area is 99.7 Å². The zero-order valence-corrected chi connectivity index (χ0v) is 9.26. The molecule has 2 aromatic carbocycles. The highest BCUT2D eigenvalue weighted by Gasteiger charge is 2.04. The quantitative estimate of drug-likeness (QED) is 0.845. The van der Waals surface area contributed by atoms with Crippen molar-refractivity contribution in [3.05, 3.63) is 65.7 Å². The van der Waals surface area contributed by atoms with Crippen molar-refractivity contribution < 1.29 is 9.90 Å². The molecular formula is C14H13NO2. The first-order valence-electron chi connectivity index (χ1n) is 5.37. The van der Waals surface area contributed by atoms with E-state index in [0.717, 1.165) is 5.56 Å². The predicted molar refractivity (Wildman–Crippen MR) is 65.7 cm³/mol. The molecule has 0 atom stereocenters. The van der Waals surface area contributed by atoms with E-state index in [0.29, 0.717) is 12.1 Å². The molecule has 0 saturated carbocycles. The van der Waals surface area contributed by atoms with Crippen LogP contribution in [0.2, 0.25) is 0 Å². The molecule has 0 saturated heterocycles. The maximum absolute atomic E-state index is 11.7. The SMILES string of the molecule is O=C(NCc1ccccc1)c1ccc(O)cc1. The molecule has 0 unspecified atom stereocenters. The van der Waals surface area contributed by atoms with Gasteiger partial charge in [0.25, 0.3) is 5.91 Å². The maximum atomic E-state index is 11.7. The molecule has 0 fully saturated rings. The summed E-state index contributed by atoms with van der Waals surface area (Å²) in [5.41, 5.74) is 1.60. The Hall–Kier alpha value is -2.29. The van der Waals surface area contributed by atoms with Gasteiger partial charge in [-0.05, 0) is 29.8 Å². The standard InChI is InChI=1S/C14H13NO2/c16-13-8-6-12(7-9-13)14(17)15-10-11-4-2-1-3-5-11/h1-9,16H,10H2,(H,15,17). The highest BCUT2D eigenvalue weighted by Crippen LogP contribution is 2.09. The summed E-state index contributed by atoms with van der Waals surface area (Å²) in [6.45, 7) is 0.501. The largest absolute Gasteiger partial charge is 0.508 e. The topological polar surface area (TPSA) is 49.3 Å². The molecular weight excluding hydrogens is 214 g/mol. The van der Waals surface area contributed by atoms with Crippen LogP contribution in [0.5, 0.6) is 5.75 Å². The van der Waals surface area contributed by atoms with Gasteiger partial charge in [0.15, 0.2) is 0 Å². The first-order valence-corrected chi connectivity index (χ1v) is 5.37.